The van der Waals surface area contributed by atoms with Gasteiger partial charge < -0.3 is 34.2 Å². The van der Waals surface area contributed by atoms with Crippen LogP contribution in [0, 0.1) is 23.7 Å². The Morgan fingerprint density at radius 2 is 1.71 bits per heavy atom. The quantitative estimate of drug-likeness (QED) is 0.158. The molecule has 3 fully saturated rings. The van der Waals surface area contributed by atoms with E-state index in [4.69, 9.17) is 18.6 Å². The number of nitrogens with one attached hydrogen (secondary N) is 2. The molecule has 1 aliphatic heterocycles. The Morgan fingerprint density at radius 1 is 0.981 bits per heavy atom. The number of unbranched alkanes of at least 4 members (excludes halogenated alkanes) is 2. The fourth-order valence-corrected chi connectivity index (χ4v) is 8.42. The molecule has 2 N–H and O–H groups in total. The van der Waals surface area contributed by atoms with Gasteiger partial charge in [-0.2, -0.15) is 0 Å². The number of likely N-dealkylation sites (tertiary alicyclic amines) is 1. The number of alkyl carbamates (subject to hydrolysis) is 1. The van der Waals surface area contributed by atoms with Gasteiger partial charge >= 0.3 is 12.1 Å². The minimum Gasteiger partial charge on any atom is -0.460 e. The van der Waals surface area contributed by atoms with Gasteiger partial charge in [-0.15, -0.1) is 0 Å². The van der Waals surface area contributed by atoms with E-state index in [9.17, 15) is 23.6 Å². The molecule has 1 saturated heterocycles. The molecule has 3 aliphatic rings. The third-order valence-electron chi connectivity index (χ3n) is 11.2. The van der Waals surface area contributed by atoms with Gasteiger partial charge in [0, 0.05) is 30.6 Å². The summed E-state index contributed by atoms with van der Waals surface area (Å²) in [6.07, 6.45) is 9.16. The van der Waals surface area contributed by atoms with Crippen LogP contribution in [0.2, 0.25) is 0 Å². The number of anilines is 1. The lowest BCUT2D eigenvalue weighted by molar-refractivity contribution is -0.142. The Bertz CT molecular complexity index is 1520. The molecule has 288 valence electrons. The summed E-state index contributed by atoms with van der Waals surface area (Å²) in [5.74, 6) is -0.740. The predicted octanol–water partition coefficient (Wildman–Crippen LogP) is 7.81. The Kier molecular flexibility index (Phi) is 13.6. The van der Waals surface area contributed by atoms with Crippen LogP contribution in [0.3, 0.4) is 0 Å². The third kappa shape index (κ3) is 10.0. The van der Waals surface area contributed by atoms with Crippen LogP contribution in [-0.4, -0.2) is 79.5 Å². The second kappa shape index (κ2) is 17.9. The average Bonchev–Trinajstić information content (AvgIpc) is 3.77. The van der Waals surface area contributed by atoms with E-state index in [1.165, 1.54) is 0 Å². The summed E-state index contributed by atoms with van der Waals surface area (Å²) in [5.41, 5.74) is 0.376. The number of furan rings is 1. The molecule has 5 rings (SSSR count). The summed E-state index contributed by atoms with van der Waals surface area (Å²) in [7, 11) is 1.74. The molecule has 2 aromatic rings. The van der Waals surface area contributed by atoms with Gasteiger partial charge in [0.2, 0.25) is 17.6 Å². The fourth-order valence-electron chi connectivity index (χ4n) is 8.42. The molecule has 1 aromatic carbocycles. The minimum atomic E-state index is -0.709. The Labute approximate surface area is 307 Å². The summed E-state index contributed by atoms with van der Waals surface area (Å²) in [5, 5.41) is 6.45. The first-order chi connectivity index (χ1) is 24.9. The van der Waals surface area contributed by atoms with Gasteiger partial charge in [0.1, 0.15) is 23.9 Å². The summed E-state index contributed by atoms with van der Waals surface area (Å²) in [6, 6.07) is 5.56. The molecule has 2 saturated carbocycles. The molecular formula is C40H58FN3O8. The standard InChI is InChI=1S/C40H58FN3O8/c1-6-7-8-21-50-38(47)34-23-28-22-29(15-18-33(28)51-34)42-36(45)35-31(25-13-16-30(49-5)17-14-25)19-20-44(35)37(46)27-11-9-26(10-12-27)32(24-41)43-39(48)52-40(2,3)4/h15,18,22-23,25-27,30-32,35H,6-14,16-17,19-21,24H2,1-5H3,(H,42,45)(H,43,48)/t25?,26-,27-,30?,31-,32+,35-/m0/s1. The van der Waals surface area contributed by atoms with Crippen LogP contribution in [0.25, 0.3) is 11.0 Å². The lowest BCUT2D eigenvalue weighted by atomic mass is 9.75. The van der Waals surface area contributed by atoms with Crippen LogP contribution < -0.4 is 10.6 Å². The van der Waals surface area contributed by atoms with Crippen molar-refractivity contribution in [2.75, 3.05) is 32.3 Å². The zero-order valence-electron chi connectivity index (χ0n) is 31.5. The molecule has 0 bridgehead atoms. The van der Waals surface area contributed by atoms with Crippen molar-refractivity contribution in [1.82, 2.24) is 10.2 Å². The second-order valence-electron chi connectivity index (χ2n) is 15.9. The molecule has 0 radical (unpaired) electrons. The number of amides is 3. The van der Waals surface area contributed by atoms with Crippen LogP contribution in [0.15, 0.2) is 28.7 Å². The van der Waals surface area contributed by atoms with Crippen LogP contribution in [0.1, 0.15) is 115 Å². The van der Waals surface area contributed by atoms with Crippen molar-refractivity contribution >= 4 is 40.5 Å². The van der Waals surface area contributed by atoms with Crippen LogP contribution >= 0.6 is 0 Å². The van der Waals surface area contributed by atoms with Crippen molar-refractivity contribution in [2.24, 2.45) is 23.7 Å². The summed E-state index contributed by atoms with van der Waals surface area (Å²) in [6.45, 7) is 7.50. The number of methoxy groups -OCH3 is 1. The summed E-state index contributed by atoms with van der Waals surface area (Å²) < 4.78 is 36.2. The molecule has 52 heavy (non-hydrogen) atoms. The largest absolute Gasteiger partial charge is 0.460 e. The molecule has 1 aromatic heterocycles. The van der Waals surface area contributed by atoms with Gasteiger partial charge in [-0.25, -0.2) is 14.0 Å². The molecule has 0 spiro atoms. The Morgan fingerprint density at radius 3 is 2.37 bits per heavy atom. The van der Waals surface area contributed by atoms with Crippen molar-refractivity contribution in [1.29, 1.82) is 0 Å². The summed E-state index contributed by atoms with van der Waals surface area (Å²) in [4.78, 5) is 55.2. The second-order valence-corrected chi connectivity index (χ2v) is 15.9. The SMILES string of the molecule is CCCCCOC(=O)c1cc2cc(NC(=O)[C@@H]3[C@H](C4CCC(OC)CC4)CCN3C(=O)[C@H]3CC[C@H]([C@@H](CF)NC(=O)OC(C)(C)C)CC3)ccc2o1. The van der Waals surface area contributed by atoms with Crippen LogP contribution in [0.4, 0.5) is 14.9 Å². The average molecular weight is 728 g/mol. The number of ether oxygens (including phenoxy) is 3. The Balaban J connectivity index is 1.27. The van der Waals surface area contributed by atoms with E-state index in [2.05, 4.69) is 17.6 Å². The van der Waals surface area contributed by atoms with Gasteiger partial charge in [0.05, 0.1) is 18.8 Å². The van der Waals surface area contributed by atoms with Crippen molar-refractivity contribution in [3.63, 3.8) is 0 Å². The first-order valence-electron chi connectivity index (χ1n) is 19.3. The topological polar surface area (TPSA) is 136 Å². The van der Waals surface area contributed by atoms with Gasteiger partial charge in [-0.1, -0.05) is 19.8 Å². The van der Waals surface area contributed by atoms with Gasteiger partial charge in [-0.05, 0) is 127 Å². The molecule has 11 nitrogen and oxygen atoms in total. The van der Waals surface area contributed by atoms with E-state index in [0.29, 0.717) is 61.4 Å². The zero-order chi connectivity index (χ0) is 37.4. The molecule has 0 unspecified atom stereocenters. The number of halogens is 1. The lowest BCUT2D eigenvalue weighted by Gasteiger charge is -2.38. The maximum absolute atomic E-state index is 14.3. The molecule has 12 heteroatoms. The number of hydrogen-bond donors (Lipinski definition) is 2. The van der Waals surface area contributed by atoms with Crippen molar-refractivity contribution in [2.45, 2.75) is 129 Å². The third-order valence-corrected chi connectivity index (χ3v) is 11.2. The van der Waals surface area contributed by atoms with E-state index in [0.717, 1.165) is 51.4 Å². The number of carbonyl (C=O) groups is 4. The highest BCUT2D eigenvalue weighted by atomic mass is 19.1. The van der Waals surface area contributed by atoms with Gasteiger partial charge in [-0.3, -0.25) is 9.59 Å². The van der Waals surface area contributed by atoms with E-state index >= 15 is 0 Å². The molecule has 3 amide bonds. The number of rotatable bonds is 13. The predicted molar refractivity (Wildman–Crippen MR) is 196 cm³/mol. The number of benzene rings is 1. The van der Waals surface area contributed by atoms with Gasteiger partial charge in [0.25, 0.3) is 0 Å². The highest BCUT2D eigenvalue weighted by molar-refractivity contribution is 6.00. The number of esters is 1. The smallest absolute Gasteiger partial charge is 0.407 e. The first-order valence-corrected chi connectivity index (χ1v) is 19.3. The number of nitrogens with zero attached hydrogens (tertiary/aromatic N) is 1. The van der Waals surface area contributed by atoms with Gasteiger partial charge in [0.15, 0.2) is 0 Å². The highest BCUT2D eigenvalue weighted by Crippen LogP contribution is 2.42. The van der Waals surface area contributed by atoms with Crippen LogP contribution in [0.5, 0.6) is 0 Å². The molecule has 3 atom stereocenters. The monoisotopic (exact) mass is 727 g/mol. The number of fused-ring (bicyclic) bond motifs is 1. The zero-order valence-corrected chi connectivity index (χ0v) is 31.5. The van der Waals surface area contributed by atoms with E-state index in [1.807, 2.05) is 0 Å². The molecular weight excluding hydrogens is 669 g/mol. The minimum absolute atomic E-state index is 0.0128. The summed E-state index contributed by atoms with van der Waals surface area (Å²) >= 11 is 0. The first kappa shape index (κ1) is 39.5. The van der Waals surface area contributed by atoms with Crippen molar-refractivity contribution in [3.8, 4) is 0 Å². The lowest BCUT2D eigenvalue weighted by Crippen LogP contribution is -2.50. The number of carbonyl (C=O) groups excluding carboxylic acids is 4. The number of alkyl halides is 1. The van der Waals surface area contributed by atoms with Crippen LogP contribution in [-0.2, 0) is 23.8 Å². The van der Waals surface area contributed by atoms with Crippen molar-refractivity contribution < 1.29 is 42.2 Å². The highest BCUT2D eigenvalue weighted by Gasteiger charge is 2.47. The molecule has 2 heterocycles. The van der Waals surface area contributed by atoms with Crippen molar-refractivity contribution in [3.05, 3.63) is 30.0 Å². The van der Waals surface area contributed by atoms with E-state index in [-0.39, 0.29) is 41.4 Å². The normalized spacial score (nSPS) is 25.8. The number of hydrogen-bond acceptors (Lipinski definition) is 8. The Hall–Kier alpha value is -3.67. The van der Waals surface area contributed by atoms with E-state index < -0.39 is 36.4 Å². The fraction of sp³-hybridized carbons (Fsp3) is 0.700. The maximum Gasteiger partial charge on any atom is 0.407 e. The maximum atomic E-state index is 14.3. The molecule has 2 aliphatic carbocycles. The van der Waals surface area contributed by atoms with E-state index in [1.54, 1.807) is 57.0 Å².